The van der Waals surface area contributed by atoms with Crippen molar-refractivity contribution in [3.63, 3.8) is 0 Å². The molecular weight excluding hydrogens is 438 g/mol. The third-order valence-corrected chi connectivity index (χ3v) is 6.69. The van der Waals surface area contributed by atoms with Crippen LogP contribution in [-0.2, 0) is 17.8 Å². The first kappa shape index (κ1) is 23.1. The number of fused-ring (bicyclic) bond motifs is 1. The van der Waals surface area contributed by atoms with Crippen molar-refractivity contribution in [3.8, 4) is 5.75 Å². The number of hydrogen-bond donors (Lipinski definition) is 1. The average Bonchev–Trinajstić information content (AvgIpc) is 3.44. The van der Waals surface area contributed by atoms with Crippen molar-refractivity contribution in [2.75, 3.05) is 18.1 Å². The molecule has 6 heteroatoms. The topological polar surface area (TPSA) is 67.6 Å². The number of aliphatic hydroxyl groups is 1. The number of ether oxygens (including phenoxy) is 1. The molecule has 3 aromatic carbocycles. The van der Waals surface area contributed by atoms with Gasteiger partial charge in [0.1, 0.15) is 24.3 Å². The minimum absolute atomic E-state index is 0.0500. The normalized spacial score (nSPS) is 16.7. The lowest BCUT2D eigenvalue weighted by molar-refractivity contribution is -0.117. The first-order valence-electron chi connectivity index (χ1n) is 12.2. The van der Waals surface area contributed by atoms with Gasteiger partial charge in [0.05, 0.1) is 17.6 Å². The SMILES string of the molecule is CCc1ccc(N2C[C@H](c3nc4ccccc4n3C[C@H](O)COc3ccc(C)cc3)CC2=O)cc1. The summed E-state index contributed by atoms with van der Waals surface area (Å²) in [4.78, 5) is 19.7. The van der Waals surface area contributed by atoms with Crippen LogP contribution >= 0.6 is 0 Å². The number of imidazole rings is 1. The van der Waals surface area contributed by atoms with Crippen molar-refractivity contribution in [1.29, 1.82) is 0 Å². The number of anilines is 1. The predicted molar refractivity (Wildman–Crippen MR) is 138 cm³/mol. The fourth-order valence-corrected chi connectivity index (χ4v) is 4.73. The van der Waals surface area contributed by atoms with E-state index in [0.717, 1.165) is 40.3 Å². The predicted octanol–water partition coefficient (Wildman–Crippen LogP) is 4.87. The first-order chi connectivity index (χ1) is 17.0. The van der Waals surface area contributed by atoms with Crippen molar-refractivity contribution < 1.29 is 14.6 Å². The van der Waals surface area contributed by atoms with E-state index in [1.807, 2.05) is 72.5 Å². The molecule has 1 aliphatic rings. The maximum absolute atomic E-state index is 13.0. The van der Waals surface area contributed by atoms with Gasteiger partial charge in [-0.15, -0.1) is 0 Å². The Morgan fingerprint density at radius 1 is 1.06 bits per heavy atom. The van der Waals surface area contributed by atoms with E-state index in [4.69, 9.17) is 9.72 Å². The molecule has 0 aliphatic carbocycles. The van der Waals surface area contributed by atoms with E-state index in [2.05, 4.69) is 23.6 Å². The summed E-state index contributed by atoms with van der Waals surface area (Å²) in [6, 6.07) is 23.9. The van der Waals surface area contributed by atoms with Gasteiger partial charge in [0, 0.05) is 24.6 Å². The van der Waals surface area contributed by atoms with Gasteiger partial charge in [-0.05, 0) is 55.3 Å². The Morgan fingerprint density at radius 2 is 1.80 bits per heavy atom. The maximum atomic E-state index is 13.0. The zero-order valence-corrected chi connectivity index (χ0v) is 20.2. The number of carbonyl (C=O) groups excluding carboxylic acids is 1. The van der Waals surface area contributed by atoms with E-state index >= 15 is 0 Å². The molecule has 4 aromatic rings. The zero-order valence-electron chi connectivity index (χ0n) is 20.2. The van der Waals surface area contributed by atoms with Gasteiger partial charge in [0.15, 0.2) is 0 Å². The molecule has 0 unspecified atom stereocenters. The minimum atomic E-state index is -0.720. The summed E-state index contributed by atoms with van der Waals surface area (Å²) in [5.41, 5.74) is 5.15. The molecule has 5 rings (SSSR count). The van der Waals surface area contributed by atoms with E-state index < -0.39 is 6.10 Å². The standard InChI is InChI=1S/C29H31N3O3/c1-3-21-10-12-23(13-11-21)31-17-22(16-28(31)34)29-30-26-6-4-5-7-27(26)32(29)18-24(33)19-35-25-14-8-20(2)9-15-25/h4-15,22,24,33H,3,16-19H2,1-2H3/t22-,24+/m1/s1. The van der Waals surface area contributed by atoms with Crippen LogP contribution in [-0.4, -0.2) is 39.8 Å². The third-order valence-electron chi connectivity index (χ3n) is 6.69. The Kier molecular flexibility index (Phi) is 6.55. The highest BCUT2D eigenvalue weighted by Crippen LogP contribution is 2.33. The highest BCUT2D eigenvalue weighted by molar-refractivity contribution is 5.96. The van der Waals surface area contributed by atoms with Crippen LogP contribution in [0.3, 0.4) is 0 Å². The summed E-state index contributed by atoms with van der Waals surface area (Å²) >= 11 is 0. The van der Waals surface area contributed by atoms with E-state index in [9.17, 15) is 9.90 Å². The number of benzene rings is 3. The average molecular weight is 470 g/mol. The Labute approximate surface area is 205 Å². The molecule has 1 aromatic heterocycles. The second-order valence-corrected chi connectivity index (χ2v) is 9.27. The van der Waals surface area contributed by atoms with Crippen molar-refractivity contribution in [3.05, 3.63) is 89.7 Å². The lowest BCUT2D eigenvalue weighted by Gasteiger charge is -2.19. The number of rotatable bonds is 8. The molecule has 0 radical (unpaired) electrons. The quantitative estimate of drug-likeness (QED) is 0.400. The Balaban J connectivity index is 1.36. The molecule has 1 N–H and O–H groups in total. The van der Waals surface area contributed by atoms with Gasteiger partial charge in [0.25, 0.3) is 0 Å². The number of hydrogen-bond acceptors (Lipinski definition) is 4. The van der Waals surface area contributed by atoms with Crippen molar-refractivity contribution in [2.45, 2.75) is 45.3 Å². The summed E-state index contributed by atoms with van der Waals surface area (Å²) in [5, 5.41) is 10.8. The van der Waals surface area contributed by atoms with Crippen molar-refractivity contribution in [2.24, 2.45) is 0 Å². The molecular formula is C29H31N3O3. The Hall–Kier alpha value is -3.64. The molecule has 6 nitrogen and oxygen atoms in total. The summed E-state index contributed by atoms with van der Waals surface area (Å²) < 4.78 is 7.87. The van der Waals surface area contributed by atoms with Gasteiger partial charge in [-0.1, -0.05) is 48.9 Å². The van der Waals surface area contributed by atoms with E-state index in [1.165, 1.54) is 5.56 Å². The fraction of sp³-hybridized carbons (Fsp3) is 0.310. The van der Waals surface area contributed by atoms with Gasteiger partial charge < -0.3 is 19.3 Å². The second-order valence-electron chi connectivity index (χ2n) is 9.27. The summed E-state index contributed by atoms with van der Waals surface area (Å²) in [5.74, 6) is 1.62. The molecule has 2 heterocycles. The van der Waals surface area contributed by atoms with Crippen LogP contribution in [0.1, 0.15) is 36.2 Å². The van der Waals surface area contributed by atoms with Crippen LogP contribution in [0.15, 0.2) is 72.8 Å². The van der Waals surface area contributed by atoms with Crippen LogP contribution in [0.5, 0.6) is 5.75 Å². The number of nitrogens with zero attached hydrogens (tertiary/aromatic N) is 3. The van der Waals surface area contributed by atoms with Crippen LogP contribution in [0.25, 0.3) is 11.0 Å². The molecule has 180 valence electrons. The molecule has 1 aliphatic heterocycles. The van der Waals surface area contributed by atoms with Crippen LogP contribution in [0, 0.1) is 6.92 Å². The van der Waals surface area contributed by atoms with Crippen LogP contribution in [0.4, 0.5) is 5.69 Å². The lowest BCUT2D eigenvalue weighted by Crippen LogP contribution is -2.26. The molecule has 0 saturated carbocycles. The summed E-state index contributed by atoms with van der Waals surface area (Å²) in [6.07, 6.45) is 0.647. The van der Waals surface area contributed by atoms with E-state index in [1.54, 1.807) is 0 Å². The molecule has 2 atom stereocenters. The monoisotopic (exact) mass is 469 g/mol. The van der Waals surface area contributed by atoms with Crippen molar-refractivity contribution in [1.82, 2.24) is 9.55 Å². The first-order valence-corrected chi connectivity index (χ1v) is 12.2. The molecule has 1 saturated heterocycles. The molecule has 0 bridgehead atoms. The van der Waals surface area contributed by atoms with E-state index in [-0.39, 0.29) is 18.4 Å². The van der Waals surface area contributed by atoms with Gasteiger partial charge in [-0.25, -0.2) is 4.98 Å². The summed E-state index contributed by atoms with van der Waals surface area (Å²) in [6.45, 7) is 5.24. The van der Waals surface area contributed by atoms with E-state index in [0.29, 0.717) is 19.5 Å². The third kappa shape index (κ3) is 4.93. The fourth-order valence-electron chi connectivity index (χ4n) is 4.73. The highest BCUT2D eigenvalue weighted by Gasteiger charge is 2.35. The lowest BCUT2D eigenvalue weighted by atomic mass is 10.1. The molecule has 1 fully saturated rings. The molecule has 1 amide bonds. The highest BCUT2D eigenvalue weighted by atomic mass is 16.5. The van der Waals surface area contributed by atoms with Crippen LogP contribution < -0.4 is 9.64 Å². The number of amides is 1. The largest absolute Gasteiger partial charge is 0.491 e. The molecule has 0 spiro atoms. The number of aromatic nitrogens is 2. The number of aryl methyl sites for hydroxylation is 2. The number of para-hydroxylation sites is 2. The maximum Gasteiger partial charge on any atom is 0.227 e. The number of carbonyl (C=O) groups is 1. The van der Waals surface area contributed by atoms with Gasteiger partial charge in [-0.3, -0.25) is 4.79 Å². The zero-order chi connectivity index (χ0) is 24.4. The number of aliphatic hydroxyl groups excluding tert-OH is 1. The minimum Gasteiger partial charge on any atom is -0.491 e. The molecule has 35 heavy (non-hydrogen) atoms. The Morgan fingerprint density at radius 3 is 2.54 bits per heavy atom. The second kappa shape index (κ2) is 9.92. The van der Waals surface area contributed by atoms with Crippen LogP contribution in [0.2, 0.25) is 0 Å². The van der Waals surface area contributed by atoms with Gasteiger partial charge in [0.2, 0.25) is 5.91 Å². The smallest absolute Gasteiger partial charge is 0.227 e. The Bertz CT molecular complexity index is 1310. The summed E-state index contributed by atoms with van der Waals surface area (Å²) in [7, 11) is 0. The van der Waals surface area contributed by atoms with Crippen molar-refractivity contribution >= 4 is 22.6 Å². The van der Waals surface area contributed by atoms with Gasteiger partial charge >= 0.3 is 0 Å². The van der Waals surface area contributed by atoms with Gasteiger partial charge in [-0.2, -0.15) is 0 Å².